The fourth-order valence-electron chi connectivity index (χ4n) is 0.574. The van der Waals surface area contributed by atoms with Crippen LogP contribution in [0.4, 0.5) is 0 Å². The molecule has 1 rings (SSSR count). The molecule has 0 atom stereocenters. The number of aromatic carboxylic acids is 1. The largest absolute Gasteiger partial charge is 1.00 e. The minimum atomic E-state index is -1.13. The quantitative estimate of drug-likeness (QED) is 0.379. The summed E-state index contributed by atoms with van der Waals surface area (Å²) in [5.74, 6) is -1.13. The molecular weight excluding hydrogens is 123 g/mol. The topological polar surface area (TPSA) is 40.1 Å². The van der Waals surface area contributed by atoms with Gasteiger partial charge in [0.15, 0.2) is 0 Å². The van der Waals surface area contributed by atoms with Gasteiger partial charge in [0.05, 0.1) is 5.97 Å². The molecule has 0 saturated carbocycles. The van der Waals surface area contributed by atoms with Crippen molar-refractivity contribution in [2.75, 3.05) is 0 Å². The summed E-state index contributed by atoms with van der Waals surface area (Å²) in [5, 5.41) is 10.1. The van der Waals surface area contributed by atoms with E-state index in [2.05, 4.69) is 0 Å². The Kier molecular flexibility index (Phi) is 3.86. The molecule has 0 aliphatic heterocycles. The number of carboxylic acids is 1. The monoisotopic (exact) mass is 128 g/mol. The van der Waals surface area contributed by atoms with Crippen LogP contribution in [0, 0.1) is 0 Å². The second kappa shape index (κ2) is 4.16. The van der Waals surface area contributed by atoms with Gasteiger partial charge in [-0.15, -0.1) is 0 Å². The molecule has 2 nitrogen and oxygen atoms in total. The summed E-state index contributed by atoms with van der Waals surface area (Å²) in [4.78, 5) is 10.1. The van der Waals surface area contributed by atoms with Crippen molar-refractivity contribution in [1.29, 1.82) is 0 Å². The Morgan fingerprint density at radius 3 is 2.00 bits per heavy atom. The van der Waals surface area contributed by atoms with Crippen molar-refractivity contribution < 1.29 is 28.8 Å². The third-order valence-corrected chi connectivity index (χ3v) is 1.01. The number of carbonyl (C=O) groups is 1. The summed E-state index contributed by atoms with van der Waals surface area (Å²) in [5.41, 5.74) is 0.220. The van der Waals surface area contributed by atoms with Gasteiger partial charge in [0, 0.05) is 0 Å². The molecule has 0 N–H and O–H groups in total. The first kappa shape index (κ1) is 9.29. The maximum Gasteiger partial charge on any atom is 1.00 e. The summed E-state index contributed by atoms with van der Waals surface area (Å²) in [6, 6.07) is 8.06. The van der Waals surface area contributed by atoms with Crippen LogP contribution in [-0.4, -0.2) is 5.97 Å². The average Bonchev–Trinajstić information content (AvgIpc) is 1.90. The van der Waals surface area contributed by atoms with Gasteiger partial charge >= 0.3 is 18.9 Å². The molecule has 10 heavy (non-hydrogen) atoms. The Labute approximate surface area is 71.0 Å². The molecule has 0 saturated heterocycles. The van der Waals surface area contributed by atoms with Gasteiger partial charge in [-0.2, -0.15) is 0 Å². The van der Waals surface area contributed by atoms with Gasteiger partial charge in [0.2, 0.25) is 0 Å². The van der Waals surface area contributed by atoms with E-state index >= 15 is 0 Å². The zero-order chi connectivity index (χ0) is 6.69. The van der Waals surface area contributed by atoms with Gasteiger partial charge in [0.1, 0.15) is 0 Å². The Hall–Kier alpha value is -0.713. The van der Waals surface area contributed by atoms with E-state index in [-0.39, 0.29) is 24.4 Å². The minimum absolute atomic E-state index is 0. The van der Waals surface area contributed by atoms with Gasteiger partial charge in [-0.25, -0.2) is 0 Å². The first-order valence-corrected chi connectivity index (χ1v) is 2.57. The van der Waals surface area contributed by atoms with Gasteiger partial charge in [-0.3, -0.25) is 0 Å². The van der Waals surface area contributed by atoms with Crippen LogP contribution in [0.25, 0.3) is 0 Å². The summed E-state index contributed by atoms with van der Waals surface area (Å²) in [6.07, 6.45) is 0. The van der Waals surface area contributed by atoms with Crippen LogP contribution >= 0.6 is 0 Å². The second-order valence-electron chi connectivity index (χ2n) is 1.65. The van der Waals surface area contributed by atoms with Crippen LogP contribution in [0.15, 0.2) is 30.3 Å². The minimum Gasteiger partial charge on any atom is -0.545 e. The molecular formula is C7H5LiO2. The van der Waals surface area contributed by atoms with E-state index in [0.29, 0.717) is 0 Å². The molecule has 0 fully saturated rings. The smallest absolute Gasteiger partial charge is 0.545 e. The van der Waals surface area contributed by atoms with Crippen LogP contribution < -0.4 is 24.0 Å². The number of carboxylic acid groups (broad SMARTS) is 1. The molecule has 0 spiro atoms. The number of carbonyl (C=O) groups excluding carboxylic acids is 1. The summed E-state index contributed by atoms with van der Waals surface area (Å²) < 4.78 is 0. The molecule has 1 aromatic rings. The number of benzene rings is 1. The van der Waals surface area contributed by atoms with Gasteiger partial charge in [-0.05, 0) is 5.56 Å². The maximum atomic E-state index is 10.1. The molecule has 0 radical (unpaired) electrons. The van der Waals surface area contributed by atoms with E-state index in [9.17, 15) is 9.90 Å². The first-order valence-electron chi connectivity index (χ1n) is 2.57. The predicted octanol–water partition coefficient (Wildman–Crippen LogP) is -2.95. The standard InChI is InChI=1S/C7H6O2.Li/c8-7(9)6-4-2-1-3-5-6;/h1-5H,(H,8,9);/q;+1/p-1. The maximum absolute atomic E-state index is 10.1. The molecule has 46 valence electrons. The number of rotatable bonds is 1. The van der Waals surface area contributed by atoms with Crippen LogP contribution in [-0.2, 0) is 0 Å². The zero-order valence-electron chi connectivity index (χ0n) is 5.70. The third-order valence-electron chi connectivity index (χ3n) is 1.01. The van der Waals surface area contributed by atoms with E-state index in [4.69, 9.17) is 0 Å². The fourth-order valence-corrected chi connectivity index (χ4v) is 0.574. The summed E-state index contributed by atoms with van der Waals surface area (Å²) >= 11 is 0. The summed E-state index contributed by atoms with van der Waals surface area (Å²) in [6.45, 7) is 0. The van der Waals surface area contributed by atoms with Crippen molar-refractivity contribution >= 4 is 5.97 Å². The first-order chi connectivity index (χ1) is 4.30. The SMILES string of the molecule is O=C([O-])c1ccccc1.[Li+]. The molecule has 0 heterocycles. The van der Waals surface area contributed by atoms with Crippen LogP contribution in [0.5, 0.6) is 0 Å². The van der Waals surface area contributed by atoms with Crippen molar-refractivity contribution in [1.82, 2.24) is 0 Å². The second-order valence-corrected chi connectivity index (χ2v) is 1.65. The van der Waals surface area contributed by atoms with Crippen molar-refractivity contribution in [3.63, 3.8) is 0 Å². The third kappa shape index (κ3) is 2.26. The Bertz CT molecular complexity index is 208. The molecule has 0 amide bonds. The Balaban J connectivity index is 0.000000810. The molecule has 0 aliphatic rings. The van der Waals surface area contributed by atoms with E-state index in [1.54, 1.807) is 18.2 Å². The van der Waals surface area contributed by atoms with Crippen molar-refractivity contribution in [3.05, 3.63) is 35.9 Å². The Morgan fingerprint density at radius 1 is 1.20 bits per heavy atom. The number of hydrogen-bond donors (Lipinski definition) is 0. The molecule has 0 bridgehead atoms. The Morgan fingerprint density at radius 2 is 1.70 bits per heavy atom. The number of hydrogen-bond acceptors (Lipinski definition) is 2. The average molecular weight is 128 g/mol. The predicted molar refractivity (Wildman–Crippen MR) is 30.8 cm³/mol. The van der Waals surface area contributed by atoms with Gasteiger partial charge in [-0.1, -0.05) is 30.3 Å². The van der Waals surface area contributed by atoms with Gasteiger partial charge in [0.25, 0.3) is 0 Å². The van der Waals surface area contributed by atoms with E-state index in [0.717, 1.165) is 0 Å². The van der Waals surface area contributed by atoms with Crippen molar-refractivity contribution in [2.45, 2.75) is 0 Å². The van der Waals surface area contributed by atoms with Crippen LogP contribution in [0.1, 0.15) is 10.4 Å². The molecule has 0 aliphatic carbocycles. The van der Waals surface area contributed by atoms with E-state index < -0.39 is 5.97 Å². The molecule has 0 aromatic heterocycles. The van der Waals surface area contributed by atoms with Crippen molar-refractivity contribution in [2.24, 2.45) is 0 Å². The van der Waals surface area contributed by atoms with Crippen LogP contribution in [0.3, 0.4) is 0 Å². The summed E-state index contributed by atoms with van der Waals surface area (Å²) in [7, 11) is 0. The van der Waals surface area contributed by atoms with Crippen LogP contribution in [0.2, 0.25) is 0 Å². The normalized spacial score (nSPS) is 8.00. The molecule has 0 unspecified atom stereocenters. The molecule has 3 heteroatoms. The van der Waals surface area contributed by atoms with Crippen molar-refractivity contribution in [3.8, 4) is 0 Å². The fraction of sp³-hybridized carbons (Fsp3) is 0. The zero-order valence-corrected chi connectivity index (χ0v) is 5.70. The van der Waals surface area contributed by atoms with E-state index in [1.807, 2.05) is 0 Å². The van der Waals surface area contributed by atoms with Gasteiger partial charge < -0.3 is 9.90 Å². The van der Waals surface area contributed by atoms with E-state index in [1.165, 1.54) is 12.1 Å². The molecule has 1 aromatic carbocycles.